The van der Waals surface area contributed by atoms with Crippen LogP contribution in [0.25, 0.3) is 12.2 Å². The normalized spacial score (nSPS) is 10.9. The number of anilines is 1. The number of amides is 1. The zero-order valence-electron chi connectivity index (χ0n) is 13.8. The molecule has 0 aliphatic rings. The lowest BCUT2D eigenvalue weighted by Gasteiger charge is -2.04. The Morgan fingerprint density at radius 2 is 2.00 bits per heavy atom. The molecule has 2 N–H and O–H groups in total. The van der Waals surface area contributed by atoms with Gasteiger partial charge in [-0.15, -0.1) is 5.10 Å². The van der Waals surface area contributed by atoms with Crippen molar-refractivity contribution in [3.05, 3.63) is 71.5 Å². The van der Waals surface area contributed by atoms with E-state index in [1.54, 1.807) is 0 Å². The number of aromatic amines is 1. The van der Waals surface area contributed by atoms with Crippen molar-refractivity contribution in [3.63, 3.8) is 0 Å². The zero-order chi connectivity index (χ0) is 17.5. The molecule has 0 radical (unpaired) electrons. The summed E-state index contributed by atoms with van der Waals surface area (Å²) in [4.78, 5) is 16.4. The summed E-state index contributed by atoms with van der Waals surface area (Å²) in [6.45, 7) is 1.99. The summed E-state index contributed by atoms with van der Waals surface area (Å²) >= 11 is 1.30. The number of aryl methyl sites for hydroxylation is 1. The largest absolute Gasteiger partial charge is 0.325 e. The molecule has 3 rings (SSSR count). The van der Waals surface area contributed by atoms with Crippen molar-refractivity contribution in [2.45, 2.75) is 12.1 Å². The van der Waals surface area contributed by atoms with Crippen LogP contribution in [0.2, 0.25) is 0 Å². The molecule has 1 heterocycles. The van der Waals surface area contributed by atoms with Crippen LogP contribution in [0.1, 0.15) is 17.0 Å². The molecular formula is C19H18N4OS. The summed E-state index contributed by atoms with van der Waals surface area (Å²) in [6, 6.07) is 17.7. The van der Waals surface area contributed by atoms with Gasteiger partial charge >= 0.3 is 0 Å². The topological polar surface area (TPSA) is 70.7 Å². The van der Waals surface area contributed by atoms with E-state index < -0.39 is 0 Å². The fourth-order valence-electron chi connectivity index (χ4n) is 2.19. The lowest BCUT2D eigenvalue weighted by Crippen LogP contribution is -2.14. The van der Waals surface area contributed by atoms with Gasteiger partial charge < -0.3 is 5.32 Å². The van der Waals surface area contributed by atoms with E-state index >= 15 is 0 Å². The van der Waals surface area contributed by atoms with Gasteiger partial charge in [-0.3, -0.25) is 9.89 Å². The van der Waals surface area contributed by atoms with Gasteiger partial charge in [0.15, 0.2) is 0 Å². The van der Waals surface area contributed by atoms with E-state index in [0.717, 1.165) is 16.8 Å². The molecule has 126 valence electrons. The molecule has 0 saturated carbocycles. The molecule has 1 amide bonds. The van der Waals surface area contributed by atoms with Crippen LogP contribution in [0.5, 0.6) is 0 Å². The van der Waals surface area contributed by atoms with Gasteiger partial charge in [0.1, 0.15) is 5.82 Å². The minimum absolute atomic E-state index is 0.0817. The van der Waals surface area contributed by atoms with Crippen LogP contribution in [0.3, 0.4) is 0 Å². The van der Waals surface area contributed by atoms with Crippen molar-refractivity contribution in [1.29, 1.82) is 0 Å². The van der Waals surface area contributed by atoms with Crippen LogP contribution in [0, 0.1) is 6.92 Å². The van der Waals surface area contributed by atoms with E-state index in [9.17, 15) is 4.79 Å². The zero-order valence-corrected chi connectivity index (χ0v) is 14.6. The van der Waals surface area contributed by atoms with Gasteiger partial charge in [0, 0.05) is 5.69 Å². The van der Waals surface area contributed by atoms with Crippen molar-refractivity contribution >= 4 is 35.5 Å². The van der Waals surface area contributed by atoms with Gasteiger partial charge in [-0.25, -0.2) is 4.98 Å². The number of carbonyl (C=O) groups is 1. The minimum Gasteiger partial charge on any atom is -0.325 e. The number of nitrogens with one attached hydrogen (secondary N) is 2. The predicted octanol–water partition coefficient (Wildman–Crippen LogP) is 4.01. The molecule has 0 fully saturated rings. The first-order chi connectivity index (χ1) is 12.2. The predicted molar refractivity (Wildman–Crippen MR) is 102 cm³/mol. The summed E-state index contributed by atoms with van der Waals surface area (Å²) in [6.07, 6.45) is 3.82. The highest BCUT2D eigenvalue weighted by molar-refractivity contribution is 7.99. The molecule has 0 atom stereocenters. The number of carbonyl (C=O) groups excluding carboxylic acids is 1. The van der Waals surface area contributed by atoms with Crippen LogP contribution >= 0.6 is 11.8 Å². The molecule has 0 aliphatic carbocycles. The van der Waals surface area contributed by atoms with Crippen LogP contribution in [-0.4, -0.2) is 26.8 Å². The Bertz CT molecular complexity index is 874. The third-order valence-electron chi connectivity index (χ3n) is 3.35. The standard InChI is InChI=1S/C19H18N4OS/c1-14-6-5-9-16(12-14)20-18(24)13-25-19-21-17(22-23-19)11-10-15-7-3-2-4-8-15/h2-12H,13H2,1H3,(H,20,24)(H,21,22,23)/b11-10+. The first kappa shape index (κ1) is 17.0. The third kappa shape index (κ3) is 5.32. The van der Waals surface area contributed by atoms with Crippen molar-refractivity contribution in [3.8, 4) is 0 Å². The minimum atomic E-state index is -0.0817. The SMILES string of the molecule is Cc1cccc(NC(=O)CSc2n[nH]c(/C=C/c3ccccc3)n2)c1. The van der Waals surface area contributed by atoms with Gasteiger partial charge in [-0.2, -0.15) is 0 Å². The van der Waals surface area contributed by atoms with Gasteiger partial charge in [0.05, 0.1) is 5.75 Å². The summed E-state index contributed by atoms with van der Waals surface area (Å²) < 4.78 is 0. The average molecular weight is 350 g/mol. The number of benzene rings is 2. The van der Waals surface area contributed by atoms with Crippen LogP contribution in [0.4, 0.5) is 5.69 Å². The third-order valence-corrected chi connectivity index (χ3v) is 4.20. The maximum Gasteiger partial charge on any atom is 0.234 e. The molecule has 1 aromatic heterocycles. The highest BCUT2D eigenvalue weighted by Gasteiger charge is 2.07. The second-order valence-corrected chi connectivity index (χ2v) is 6.40. The maximum absolute atomic E-state index is 12.0. The Balaban J connectivity index is 1.51. The Labute approximate surface area is 150 Å². The van der Waals surface area contributed by atoms with Crippen LogP contribution in [0.15, 0.2) is 59.8 Å². The number of H-pyrrole nitrogens is 1. The molecule has 2 aromatic carbocycles. The first-order valence-electron chi connectivity index (χ1n) is 7.84. The van der Waals surface area contributed by atoms with E-state index in [1.807, 2.05) is 73.7 Å². The summed E-state index contributed by atoms with van der Waals surface area (Å²) in [5.74, 6) is 0.834. The van der Waals surface area contributed by atoms with Crippen molar-refractivity contribution in [2.24, 2.45) is 0 Å². The van der Waals surface area contributed by atoms with Gasteiger partial charge in [0.25, 0.3) is 0 Å². The summed E-state index contributed by atoms with van der Waals surface area (Å²) in [5, 5.41) is 10.4. The molecule has 5 nitrogen and oxygen atoms in total. The molecule has 0 spiro atoms. The van der Waals surface area contributed by atoms with Gasteiger partial charge in [-0.1, -0.05) is 60.3 Å². The number of rotatable bonds is 6. The fourth-order valence-corrected chi connectivity index (χ4v) is 2.79. The Morgan fingerprint density at radius 1 is 1.16 bits per heavy atom. The second-order valence-electron chi connectivity index (χ2n) is 5.45. The van der Waals surface area contributed by atoms with Crippen LogP contribution in [-0.2, 0) is 4.79 Å². The number of thioether (sulfide) groups is 1. The number of nitrogens with zero attached hydrogens (tertiary/aromatic N) is 2. The molecule has 25 heavy (non-hydrogen) atoms. The molecule has 0 bridgehead atoms. The highest BCUT2D eigenvalue weighted by atomic mass is 32.2. The molecule has 0 unspecified atom stereocenters. The van der Waals surface area contributed by atoms with Crippen molar-refractivity contribution < 1.29 is 4.79 Å². The smallest absolute Gasteiger partial charge is 0.234 e. The Hall–Kier alpha value is -2.86. The van der Waals surface area contributed by atoms with E-state index in [2.05, 4.69) is 20.5 Å². The first-order valence-corrected chi connectivity index (χ1v) is 8.82. The van der Waals surface area contributed by atoms with E-state index in [0.29, 0.717) is 11.0 Å². The molecule has 6 heteroatoms. The number of aromatic nitrogens is 3. The van der Waals surface area contributed by atoms with Gasteiger partial charge in [0.2, 0.25) is 11.1 Å². The number of hydrogen-bond donors (Lipinski definition) is 2. The lowest BCUT2D eigenvalue weighted by molar-refractivity contribution is -0.113. The second kappa shape index (κ2) is 8.30. The molecular weight excluding hydrogens is 332 g/mol. The molecule has 0 saturated heterocycles. The van der Waals surface area contributed by atoms with E-state index in [-0.39, 0.29) is 11.7 Å². The van der Waals surface area contributed by atoms with E-state index in [4.69, 9.17) is 0 Å². The Morgan fingerprint density at radius 3 is 2.80 bits per heavy atom. The van der Waals surface area contributed by atoms with E-state index in [1.165, 1.54) is 11.8 Å². The maximum atomic E-state index is 12.0. The Kier molecular flexibility index (Phi) is 5.64. The van der Waals surface area contributed by atoms with Crippen molar-refractivity contribution in [1.82, 2.24) is 15.2 Å². The number of hydrogen-bond acceptors (Lipinski definition) is 4. The fraction of sp³-hybridized carbons (Fsp3) is 0.105. The molecule has 3 aromatic rings. The van der Waals surface area contributed by atoms with Gasteiger partial charge in [-0.05, 0) is 36.3 Å². The average Bonchev–Trinajstić information content (AvgIpc) is 3.07. The summed E-state index contributed by atoms with van der Waals surface area (Å²) in [7, 11) is 0. The summed E-state index contributed by atoms with van der Waals surface area (Å²) in [5.41, 5.74) is 2.99. The van der Waals surface area contributed by atoms with Crippen molar-refractivity contribution in [2.75, 3.05) is 11.1 Å². The van der Waals surface area contributed by atoms with Crippen LogP contribution < -0.4 is 5.32 Å². The monoisotopic (exact) mass is 350 g/mol. The quantitative estimate of drug-likeness (QED) is 0.659. The molecule has 0 aliphatic heterocycles. The highest BCUT2D eigenvalue weighted by Crippen LogP contribution is 2.15. The lowest BCUT2D eigenvalue weighted by atomic mass is 10.2.